The van der Waals surface area contributed by atoms with E-state index in [-0.39, 0.29) is 24.2 Å². The van der Waals surface area contributed by atoms with Gasteiger partial charge in [0, 0.05) is 31.6 Å². The molecule has 5 heterocycles. The van der Waals surface area contributed by atoms with E-state index >= 15 is 0 Å². The number of hydrogen-bond acceptors (Lipinski definition) is 9. The Labute approximate surface area is 202 Å². The molecule has 2 aromatic heterocycles. The Kier molecular flexibility index (Phi) is 6.09. The van der Waals surface area contributed by atoms with Crippen molar-refractivity contribution < 1.29 is 14.3 Å². The zero-order chi connectivity index (χ0) is 23.2. The summed E-state index contributed by atoms with van der Waals surface area (Å²) in [4.78, 5) is 21.2. The summed E-state index contributed by atoms with van der Waals surface area (Å²) in [6, 6.07) is 2.33. The Balaban J connectivity index is 1.32. The Morgan fingerprint density at radius 1 is 1.24 bits per heavy atom. The van der Waals surface area contributed by atoms with Crippen molar-refractivity contribution in [2.24, 2.45) is 0 Å². The van der Waals surface area contributed by atoms with Crippen LogP contribution in [0.4, 0.5) is 15.6 Å². The minimum Gasteiger partial charge on any atom is -0.444 e. The summed E-state index contributed by atoms with van der Waals surface area (Å²) in [6.07, 6.45) is 4.43. The molecule has 3 saturated heterocycles. The van der Waals surface area contributed by atoms with E-state index in [1.165, 1.54) is 11.3 Å². The van der Waals surface area contributed by atoms with E-state index in [2.05, 4.69) is 25.4 Å². The minimum atomic E-state index is -0.495. The van der Waals surface area contributed by atoms with Gasteiger partial charge in [0.2, 0.25) is 5.13 Å². The van der Waals surface area contributed by atoms with Crippen molar-refractivity contribution in [2.75, 3.05) is 36.5 Å². The van der Waals surface area contributed by atoms with Crippen LogP contribution in [0, 0.1) is 0 Å². The van der Waals surface area contributed by atoms with Crippen molar-refractivity contribution in [3.63, 3.8) is 0 Å². The maximum Gasteiger partial charge on any atom is 0.410 e. The fourth-order valence-electron chi connectivity index (χ4n) is 4.71. The van der Waals surface area contributed by atoms with Gasteiger partial charge < -0.3 is 19.7 Å². The van der Waals surface area contributed by atoms with Gasteiger partial charge in [-0.2, -0.15) is 0 Å². The lowest BCUT2D eigenvalue weighted by Crippen LogP contribution is -2.56. The van der Waals surface area contributed by atoms with Gasteiger partial charge >= 0.3 is 6.09 Å². The fraction of sp³-hybridized carbons (Fsp3) is 0.636. The zero-order valence-corrected chi connectivity index (χ0v) is 20.7. The van der Waals surface area contributed by atoms with Crippen LogP contribution in [-0.2, 0) is 9.47 Å². The molecule has 9 nitrogen and oxygen atoms in total. The Morgan fingerprint density at radius 3 is 2.67 bits per heavy atom. The van der Waals surface area contributed by atoms with Gasteiger partial charge in [-0.15, -0.1) is 10.2 Å². The number of ether oxygens (including phenoxy) is 2. The highest BCUT2D eigenvalue weighted by molar-refractivity contribution is 7.18. The summed E-state index contributed by atoms with van der Waals surface area (Å²) < 4.78 is 11.1. The molecule has 3 atom stereocenters. The van der Waals surface area contributed by atoms with Gasteiger partial charge in [-0.05, 0) is 46.1 Å². The number of piperazine rings is 1. The topological polar surface area (TPSA) is 92.7 Å². The minimum absolute atomic E-state index is 0.128. The average Bonchev–Trinajstić information content (AvgIpc) is 3.47. The predicted octanol–water partition coefficient (Wildman–Crippen LogP) is 4.04. The second-order valence-corrected chi connectivity index (χ2v) is 11.2. The molecule has 2 aromatic rings. The lowest BCUT2D eigenvalue weighted by Gasteiger charge is -2.41. The monoisotopic (exact) mass is 492 g/mol. The lowest BCUT2D eigenvalue weighted by molar-refractivity contribution is 0.0123. The number of fused-ring (bicyclic) bond motifs is 2. The Hall–Kier alpha value is -2.17. The summed E-state index contributed by atoms with van der Waals surface area (Å²) in [6.45, 7) is 8.60. The Morgan fingerprint density at radius 2 is 2.00 bits per heavy atom. The number of anilines is 2. The second-order valence-electron chi connectivity index (χ2n) is 9.82. The molecule has 1 N–H and O–H groups in total. The summed E-state index contributed by atoms with van der Waals surface area (Å²) in [7, 11) is 0. The van der Waals surface area contributed by atoms with E-state index in [9.17, 15) is 4.79 Å². The summed E-state index contributed by atoms with van der Waals surface area (Å²) in [5, 5.41) is 14.5. The van der Waals surface area contributed by atoms with Gasteiger partial charge in [-0.1, -0.05) is 22.9 Å². The molecule has 1 amide bonds. The highest BCUT2D eigenvalue weighted by Crippen LogP contribution is 2.38. The zero-order valence-electron chi connectivity index (χ0n) is 19.1. The number of carbonyl (C=O) groups is 1. The van der Waals surface area contributed by atoms with Crippen LogP contribution in [0.2, 0.25) is 5.15 Å². The largest absolute Gasteiger partial charge is 0.444 e. The molecule has 33 heavy (non-hydrogen) atoms. The molecule has 3 aliphatic heterocycles. The number of nitrogens with one attached hydrogen (secondary N) is 1. The number of aromatic nitrogens is 3. The number of amides is 1. The molecule has 0 saturated carbocycles. The van der Waals surface area contributed by atoms with E-state index in [0.717, 1.165) is 60.3 Å². The standard InChI is InChI=1S/C22H29ClN6O3S/c1-22(2,3)32-21(30)29-14-4-5-15(29)11-28(10-14)20-27-26-19(33-20)16-9-24-18(23)8-17(16)25-13-6-7-31-12-13/h8-9,13-15H,4-7,10-12H2,1-3H3,(H,24,25)/t13-,14?,15?/m0/s1. The van der Waals surface area contributed by atoms with Crippen LogP contribution < -0.4 is 10.2 Å². The molecule has 0 radical (unpaired) electrons. The van der Waals surface area contributed by atoms with Crippen LogP contribution in [0.1, 0.15) is 40.0 Å². The van der Waals surface area contributed by atoms with Crippen LogP contribution in [0.15, 0.2) is 12.3 Å². The van der Waals surface area contributed by atoms with Crippen molar-refractivity contribution in [2.45, 2.75) is 63.8 Å². The fourth-order valence-corrected chi connectivity index (χ4v) is 5.76. The lowest BCUT2D eigenvalue weighted by atomic mass is 10.2. The number of halogens is 1. The summed E-state index contributed by atoms with van der Waals surface area (Å²) in [5.41, 5.74) is 1.28. The molecule has 178 valence electrons. The first-order valence-electron chi connectivity index (χ1n) is 11.4. The molecule has 0 aromatic carbocycles. The third-order valence-electron chi connectivity index (χ3n) is 6.16. The normalized spacial score (nSPS) is 24.9. The number of carbonyl (C=O) groups excluding carboxylic acids is 1. The Bertz CT molecular complexity index is 1010. The number of hydrogen-bond donors (Lipinski definition) is 1. The van der Waals surface area contributed by atoms with E-state index in [0.29, 0.717) is 11.8 Å². The predicted molar refractivity (Wildman–Crippen MR) is 128 cm³/mol. The smallest absolute Gasteiger partial charge is 0.410 e. The van der Waals surface area contributed by atoms with E-state index < -0.39 is 5.60 Å². The molecule has 2 unspecified atom stereocenters. The van der Waals surface area contributed by atoms with Crippen molar-refractivity contribution in [1.29, 1.82) is 0 Å². The van der Waals surface area contributed by atoms with Gasteiger partial charge in [-0.3, -0.25) is 4.90 Å². The van der Waals surface area contributed by atoms with Crippen LogP contribution in [-0.4, -0.2) is 76.2 Å². The molecule has 2 bridgehead atoms. The van der Waals surface area contributed by atoms with Crippen molar-refractivity contribution in [1.82, 2.24) is 20.1 Å². The van der Waals surface area contributed by atoms with Gasteiger partial charge in [0.05, 0.1) is 30.3 Å². The van der Waals surface area contributed by atoms with Crippen LogP contribution in [0.25, 0.3) is 10.6 Å². The first-order valence-corrected chi connectivity index (χ1v) is 12.6. The van der Waals surface area contributed by atoms with Gasteiger partial charge in [0.15, 0.2) is 5.01 Å². The van der Waals surface area contributed by atoms with Gasteiger partial charge in [0.25, 0.3) is 0 Å². The summed E-state index contributed by atoms with van der Waals surface area (Å²) >= 11 is 7.71. The molecule has 3 aliphatic rings. The maximum absolute atomic E-state index is 12.7. The van der Waals surface area contributed by atoms with Crippen molar-refractivity contribution in [3.8, 4) is 10.6 Å². The van der Waals surface area contributed by atoms with Gasteiger partial charge in [0.1, 0.15) is 10.8 Å². The van der Waals surface area contributed by atoms with Crippen LogP contribution >= 0.6 is 22.9 Å². The molecule has 5 rings (SSSR count). The maximum atomic E-state index is 12.7. The molecule has 0 spiro atoms. The average molecular weight is 493 g/mol. The number of rotatable bonds is 4. The first-order chi connectivity index (χ1) is 15.8. The quantitative estimate of drug-likeness (QED) is 0.639. The third kappa shape index (κ3) is 4.88. The van der Waals surface area contributed by atoms with E-state index in [4.69, 9.17) is 21.1 Å². The highest BCUT2D eigenvalue weighted by atomic mass is 35.5. The van der Waals surface area contributed by atoms with Crippen molar-refractivity contribution in [3.05, 3.63) is 17.4 Å². The van der Waals surface area contributed by atoms with Crippen LogP contribution in [0.5, 0.6) is 0 Å². The molecular formula is C22H29ClN6O3S. The molecule has 3 fully saturated rings. The first kappa shape index (κ1) is 22.6. The van der Waals surface area contributed by atoms with Gasteiger partial charge in [-0.25, -0.2) is 9.78 Å². The van der Waals surface area contributed by atoms with E-state index in [1.54, 1.807) is 6.20 Å². The molecule has 11 heteroatoms. The third-order valence-corrected chi connectivity index (χ3v) is 7.39. The van der Waals surface area contributed by atoms with Crippen molar-refractivity contribution >= 4 is 39.8 Å². The second kappa shape index (κ2) is 8.88. The number of nitrogens with zero attached hydrogens (tertiary/aromatic N) is 5. The number of pyridine rings is 1. The highest BCUT2D eigenvalue weighted by Gasteiger charge is 2.45. The van der Waals surface area contributed by atoms with Crippen LogP contribution in [0.3, 0.4) is 0 Å². The molecule has 0 aliphatic carbocycles. The SMILES string of the molecule is CC(C)(C)OC(=O)N1C2CCC1CN(c1nnc(-c3cnc(Cl)cc3N[C@H]3CCOC3)s1)C2. The van der Waals surface area contributed by atoms with E-state index in [1.807, 2.05) is 31.7 Å². The summed E-state index contributed by atoms with van der Waals surface area (Å²) in [5.74, 6) is 0. The molecular weight excluding hydrogens is 464 g/mol.